The highest BCUT2D eigenvalue weighted by atomic mass is 16.4. The zero-order chi connectivity index (χ0) is 8.36. The fraction of sp³-hybridized carbons (Fsp3) is 0.833. The molecule has 0 spiro atoms. The van der Waals surface area contributed by atoms with Crippen molar-refractivity contribution >= 4 is 5.97 Å². The molecule has 0 bridgehead atoms. The van der Waals surface area contributed by atoms with Crippen LogP contribution in [0.1, 0.15) is 13.8 Å². The molecule has 0 aromatic carbocycles. The largest absolute Gasteiger partial charge is 0.481 e. The third-order valence-electron chi connectivity index (χ3n) is 1.20. The minimum Gasteiger partial charge on any atom is -0.481 e. The Kier molecular flexibility index (Phi) is 2.51. The van der Waals surface area contributed by atoms with Gasteiger partial charge in [-0.15, -0.1) is 0 Å². The van der Waals surface area contributed by atoms with Crippen LogP contribution in [0.2, 0.25) is 0 Å². The number of nitrogens with zero attached hydrogens (tertiary/aromatic N) is 1. The van der Waals surface area contributed by atoms with Gasteiger partial charge in [0.2, 0.25) is 6.54 Å². The van der Waals surface area contributed by atoms with Crippen molar-refractivity contribution < 1.29 is 14.7 Å². The van der Waals surface area contributed by atoms with E-state index in [0.717, 1.165) is 0 Å². The molecular weight excluding hydrogens is 134 g/mol. The van der Waals surface area contributed by atoms with E-state index in [1.807, 2.05) is 0 Å². The average molecular weight is 146 g/mol. The Hall–Kier alpha value is -0.930. The molecule has 4 heteroatoms. The summed E-state index contributed by atoms with van der Waals surface area (Å²) in [5, 5.41) is 8.52. The molecule has 0 unspecified atom stereocenters. The molecule has 0 aliphatic rings. The minimum atomic E-state index is -0.949. The first-order chi connectivity index (χ1) is 4.36. The van der Waals surface area contributed by atoms with E-state index in [-0.39, 0.29) is 6.54 Å². The fourth-order valence-corrected chi connectivity index (χ4v) is 0.624. The Bertz CT molecular complexity index is 162. The summed E-state index contributed by atoms with van der Waals surface area (Å²) in [6.45, 7) is 3.05. The Morgan fingerprint density at radius 3 is 2.10 bits per heavy atom. The normalized spacial score (nSPS) is 11.1. The van der Waals surface area contributed by atoms with E-state index in [9.17, 15) is 9.70 Å². The summed E-state index contributed by atoms with van der Waals surface area (Å²) in [4.78, 5) is 20.8. The van der Waals surface area contributed by atoms with Crippen molar-refractivity contribution in [3.63, 3.8) is 0 Å². The van der Waals surface area contributed by atoms with Gasteiger partial charge in [0.05, 0.1) is 0 Å². The van der Waals surface area contributed by atoms with Gasteiger partial charge in [-0.05, 0) is 18.6 Å². The predicted octanol–water partition coefficient (Wildman–Crippen LogP) is 0.506. The number of nitroso groups, excluding NO2 is 1. The standard InChI is InChI=1S/C6H11NO3/c1-6(2,5(8)9)4-7(3)10/h4H2,1-3H3/p+1. The van der Waals surface area contributed by atoms with Crippen LogP contribution in [0.15, 0.2) is 0 Å². The maximum absolute atomic E-state index is 10.4. The van der Waals surface area contributed by atoms with E-state index < -0.39 is 11.4 Å². The molecule has 0 amide bonds. The lowest BCUT2D eigenvalue weighted by Gasteiger charge is -2.11. The van der Waals surface area contributed by atoms with E-state index in [0.29, 0.717) is 4.76 Å². The highest BCUT2D eigenvalue weighted by molar-refractivity contribution is 5.73. The second-order valence-corrected chi connectivity index (χ2v) is 2.98. The molecule has 0 aromatic heterocycles. The lowest BCUT2D eigenvalue weighted by molar-refractivity contribution is -0.530. The van der Waals surface area contributed by atoms with Crippen molar-refractivity contribution in [3.05, 3.63) is 4.91 Å². The quantitative estimate of drug-likeness (QED) is 0.590. The van der Waals surface area contributed by atoms with Crippen molar-refractivity contribution in [2.45, 2.75) is 13.8 Å². The molecule has 0 aromatic rings. The number of hydrogen-bond acceptors (Lipinski definition) is 2. The maximum atomic E-state index is 10.4. The predicted molar refractivity (Wildman–Crippen MR) is 35.8 cm³/mol. The summed E-state index contributed by atoms with van der Waals surface area (Å²) < 4.78 is 0.619. The molecule has 0 saturated carbocycles. The van der Waals surface area contributed by atoms with Crippen molar-refractivity contribution in [1.29, 1.82) is 0 Å². The first-order valence-electron chi connectivity index (χ1n) is 2.98. The summed E-state index contributed by atoms with van der Waals surface area (Å²) in [7, 11) is 1.31. The fourth-order valence-electron chi connectivity index (χ4n) is 0.624. The van der Waals surface area contributed by atoms with E-state index in [2.05, 4.69) is 0 Å². The Labute approximate surface area is 59.4 Å². The minimum absolute atomic E-state index is 0.0162. The SMILES string of the molecule is C[N+](=O)CC(C)(C)C(=O)O. The Balaban J connectivity index is 4.13. The number of carbonyl (C=O) groups is 1. The lowest BCUT2D eigenvalue weighted by Crippen LogP contribution is -2.32. The maximum Gasteiger partial charge on any atom is 0.315 e. The zero-order valence-corrected chi connectivity index (χ0v) is 6.42. The van der Waals surface area contributed by atoms with Crippen molar-refractivity contribution in [1.82, 2.24) is 0 Å². The molecule has 1 N–H and O–H groups in total. The van der Waals surface area contributed by atoms with Crippen LogP contribution in [0, 0.1) is 10.3 Å². The zero-order valence-electron chi connectivity index (χ0n) is 6.42. The lowest BCUT2D eigenvalue weighted by atomic mass is 9.94. The van der Waals surface area contributed by atoms with Gasteiger partial charge in [0.1, 0.15) is 5.41 Å². The first-order valence-corrected chi connectivity index (χ1v) is 2.98. The second-order valence-electron chi connectivity index (χ2n) is 2.98. The summed E-state index contributed by atoms with van der Waals surface area (Å²) in [5.74, 6) is -0.949. The third kappa shape index (κ3) is 2.57. The highest BCUT2D eigenvalue weighted by Crippen LogP contribution is 2.13. The van der Waals surface area contributed by atoms with Gasteiger partial charge in [0, 0.05) is 4.91 Å². The monoisotopic (exact) mass is 146 g/mol. The summed E-state index contributed by atoms with van der Waals surface area (Å²) in [5.41, 5.74) is -0.948. The van der Waals surface area contributed by atoms with Crippen LogP contribution in [-0.2, 0) is 4.79 Å². The molecule has 0 fully saturated rings. The Morgan fingerprint density at radius 2 is 2.00 bits per heavy atom. The molecule has 0 rings (SSSR count). The van der Waals surface area contributed by atoms with Crippen molar-refractivity contribution in [2.24, 2.45) is 5.41 Å². The van der Waals surface area contributed by atoms with Gasteiger partial charge in [0.15, 0.2) is 7.05 Å². The summed E-state index contributed by atoms with van der Waals surface area (Å²) in [6, 6.07) is 0. The van der Waals surface area contributed by atoms with Crippen LogP contribution in [0.25, 0.3) is 0 Å². The molecule has 4 nitrogen and oxygen atoms in total. The van der Waals surface area contributed by atoms with Gasteiger partial charge >= 0.3 is 5.97 Å². The van der Waals surface area contributed by atoms with E-state index >= 15 is 0 Å². The second kappa shape index (κ2) is 2.77. The average Bonchev–Trinajstić information content (AvgIpc) is 1.60. The first kappa shape index (κ1) is 9.07. The van der Waals surface area contributed by atoms with Crippen molar-refractivity contribution in [2.75, 3.05) is 13.6 Å². The van der Waals surface area contributed by atoms with E-state index in [1.165, 1.54) is 20.9 Å². The number of carboxylic acid groups (broad SMARTS) is 1. The number of aliphatic carboxylic acids is 1. The highest BCUT2D eigenvalue weighted by Gasteiger charge is 2.33. The molecule has 0 atom stereocenters. The Morgan fingerprint density at radius 1 is 1.60 bits per heavy atom. The van der Waals surface area contributed by atoms with Crippen molar-refractivity contribution in [3.8, 4) is 0 Å². The van der Waals surface area contributed by atoms with Gasteiger partial charge in [0.25, 0.3) is 0 Å². The summed E-state index contributed by atoms with van der Waals surface area (Å²) >= 11 is 0. The molecule has 0 radical (unpaired) electrons. The number of hydrogen-bond donors (Lipinski definition) is 1. The number of carboxylic acids is 1. The molecule has 0 saturated heterocycles. The van der Waals surface area contributed by atoms with Crippen LogP contribution < -0.4 is 0 Å². The topological polar surface area (TPSA) is 57.4 Å². The van der Waals surface area contributed by atoms with Crippen LogP contribution in [0.4, 0.5) is 0 Å². The van der Waals surface area contributed by atoms with Gasteiger partial charge in [-0.1, -0.05) is 0 Å². The molecule has 10 heavy (non-hydrogen) atoms. The molecular formula is C6H12NO3+. The molecule has 0 heterocycles. The van der Waals surface area contributed by atoms with E-state index in [4.69, 9.17) is 5.11 Å². The van der Waals surface area contributed by atoms with E-state index in [1.54, 1.807) is 0 Å². The van der Waals surface area contributed by atoms with Gasteiger partial charge in [-0.2, -0.15) is 0 Å². The van der Waals surface area contributed by atoms with Crippen LogP contribution in [0.5, 0.6) is 0 Å². The van der Waals surface area contributed by atoms with Gasteiger partial charge in [-0.3, -0.25) is 4.79 Å². The molecule has 0 aliphatic carbocycles. The smallest absolute Gasteiger partial charge is 0.315 e. The van der Waals surface area contributed by atoms with Crippen LogP contribution in [0.3, 0.4) is 0 Å². The molecule has 0 aliphatic heterocycles. The molecule has 58 valence electrons. The number of rotatable bonds is 3. The van der Waals surface area contributed by atoms with Crippen LogP contribution in [-0.4, -0.2) is 29.4 Å². The third-order valence-corrected chi connectivity index (χ3v) is 1.20. The van der Waals surface area contributed by atoms with Gasteiger partial charge < -0.3 is 5.11 Å². The summed E-state index contributed by atoms with van der Waals surface area (Å²) in [6.07, 6.45) is 0. The van der Waals surface area contributed by atoms with Gasteiger partial charge in [-0.25, -0.2) is 0 Å². The van der Waals surface area contributed by atoms with Crippen LogP contribution >= 0.6 is 0 Å².